The summed E-state index contributed by atoms with van der Waals surface area (Å²) in [6.07, 6.45) is 0.584. The summed E-state index contributed by atoms with van der Waals surface area (Å²) in [6, 6.07) is 18.5. The molecule has 1 N–H and O–H groups in total. The molecule has 0 aliphatic carbocycles. The Morgan fingerprint density at radius 3 is 2.44 bits per heavy atom. The number of fused-ring (bicyclic) bond motifs is 2. The van der Waals surface area contributed by atoms with E-state index in [1.807, 2.05) is 32.2 Å². The van der Waals surface area contributed by atoms with Gasteiger partial charge in [0.05, 0.1) is 21.0 Å². The van der Waals surface area contributed by atoms with Crippen molar-refractivity contribution < 1.29 is 13.2 Å². The van der Waals surface area contributed by atoms with E-state index in [9.17, 15) is 8.42 Å². The number of benzene rings is 3. The van der Waals surface area contributed by atoms with Crippen molar-refractivity contribution >= 4 is 33.0 Å². The monoisotopic (exact) mass is 468 g/mol. The molecule has 3 aromatic rings. The summed E-state index contributed by atoms with van der Waals surface area (Å²) >= 11 is 6.61. The van der Waals surface area contributed by atoms with Gasteiger partial charge in [0, 0.05) is 24.7 Å². The largest absolute Gasteiger partial charge is 0.465 e. The molecule has 1 spiro atoms. The van der Waals surface area contributed by atoms with Gasteiger partial charge >= 0.3 is 0 Å². The van der Waals surface area contributed by atoms with Crippen LogP contribution >= 0.6 is 11.6 Å². The van der Waals surface area contributed by atoms with Gasteiger partial charge in [-0.1, -0.05) is 47.5 Å². The molecule has 2 aliphatic heterocycles. The highest BCUT2D eigenvalue weighted by atomic mass is 35.5. The van der Waals surface area contributed by atoms with Crippen LogP contribution in [-0.2, 0) is 21.9 Å². The van der Waals surface area contributed by atoms with Crippen molar-refractivity contribution in [3.05, 3.63) is 82.4 Å². The van der Waals surface area contributed by atoms with E-state index in [2.05, 4.69) is 35.6 Å². The molecule has 7 heteroatoms. The molecule has 0 aromatic heterocycles. The van der Waals surface area contributed by atoms with Gasteiger partial charge in [-0.15, -0.1) is 0 Å². The molecule has 0 radical (unpaired) electrons. The lowest BCUT2D eigenvalue weighted by molar-refractivity contribution is 0.0351. The maximum absolute atomic E-state index is 12.9. The molecule has 0 amide bonds. The first-order valence-electron chi connectivity index (χ1n) is 10.5. The van der Waals surface area contributed by atoms with E-state index in [0.29, 0.717) is 22.9 Å². The minimum Gasteiger partial charge on any atom is -0.465 e. The topological polar surface area (TPSA) is 58.6 Å². The van der Waals surface area contributed by atoms with Crippen LogP contribution in [0.15, 0.2) is 65.6 Å². The standard InChI is InChI=1S/C25H25ClN2O3S/c1-16-9-11-19(12-10-16)32(29,30)27-18-13-17-15-25(31-23(17)21(26)14-18)24(2,3)20-7-5-6-8-22(20)28(25)4/h5-14,27H,15H2,1-4H3/t25-/m1/s1. The van der Waals surface area contributed by atoms with Crippen molar-refractivity contribution in [2.24, 2.45) is 0 Å². The van der Waals surface area contributed by atoms with Crippen molar-refractivity contribution in [2.45, 2.75) is 43.2 Å². The second kappa shape index (κ2) is 6.90. The minimum atomic E-state index is -3.73. The zero-order chi connectivity index (χ0) is 22.9. The molecule has 1 atom stereocenters. The number of ether oxygens (including phenoxy) is 1. The van der Waals surface area contributed by atoms with E-state index in [0.717, 1.165) is 16.8 Å². The Balaban J connectivity index is 1.51. The highest BCUT2D eigenvalue weighted by Gasteiger charge is 2.60. The van der Waals surface area contributed by atoms with Crippen LogP contribution in [0.1, 0.15) is 30.5 Å². The first-order valence-corrected chi connectivity index (χ1v) is 12.4. The third-order valence-corrected chi connectivity index (χ3v) is 8.54. The lowest BCUT2D eigenvalue weighted by Gasteiger charge is -2.42. The van der Waals surface area contributed by atoms with E-state index >= 15 is 0 Å². The second-order valence-corrected chi connectivity index (χ2v) is 11.2. The summed E-state index contributed by atoms with van der Waals surface area (Å²) < 4.78 is 35.0. The summed E-state index contributed by atoms with van der Waals surface area (Å²) in [6.45, 7) is 6.27. The van der Waals surface area contributed by atoms with Crippen LogP contribution in [0.4, 0.5) is 11.4 Å². The number of sulfonamides is 1. The van der Waals surface area contributed by atoms with Gasteiger partial charge in [-0.2, -0.15) is 0 Å². The summed E-state index contributed by atoms with van der Waals surface area (Å²) in [5, 5.41) is 0.390. The number of para-hydroxylation sites is 1. The number of anilines is 2. The van der Waals surface area contributed by atoms with Gasteiger partial charge in [0.25, 0.3) is 10.0 Å². The SMILES string of the molecule is Cc1ccc(S(=O)(=O)Nc2cc(Cl)c3c(c2)C[C@]2(O3)N(C)c3ccccc3C2(C)C)cc1. The average Bonchev–Trinajstić information content (AvgIpc) is 3.21. The molecule has 3 aromatic carbocycles. The lowest BCUT2D eigenvalue weighted by Crippen LogP contribution is -2.58. The van der Waals surface area contributed by atoms with Crippen molar-refractivity contribution in [3.8, 4) is 5.75 Å². The van der Waals surface area contributed by atoms with E-state index < -0.39 is 15.7 Å². The normalized spacial score (nSPS) is 20.7. The third-order valence-electron chi connectivity index (χ3n) is 6.86. The number of aryl methyl sites for hydroxylation is 1. The molecule has 166 valence electrons. The van der Waals surface area contributed by atoms with Gasteiger partial charge in [0.1, 0.15) is 5.75 Å². The number of hydrogen-bond acceptors (Lipinski definition) is 4. The predicted molar refractivity (Wildman–Crippen MR) is 128 cm³/mol. The number of halogens is 1. The van der Waals surface area contributed by atoms with Gasteiger partial charge in [0.2, 0.25) is 0 Å². The molecular weight excluding hydrogens is 444 g/mol. The number of nitrogens with zero attached hydrogens (tertiary/aromatic N) is 1. The summed E-state index contributed by atoms with van der Waals surface area (Å²) in [7, 11) is -1.69. The number of hydrogen-bond donors (Lipinski definition) is 1. The zero-order valence-electron chi connectivity index (χ0n) is 18.4. The second-order valence-electron chi connectivity index (χ2n) is 9.13. The van der Waals surface area contributed by atoms with Crippen molar-refractivity contribution in [1.29, 1.82) is 0 Å². The van der Waals surface area contributed by atoms with E-state index in [-0.39, 0.29) is 10.3 Å². The molecule has 2 aliphatic rings. The Morgan fingerprint density at radius 1 is 1.06 bits per heavy atom. The highest BCUT2D eigenvalue weighted by Crippen LogP contribution is 2.57. The number of likely N-dealkylation sites (N-methyl/N-ethyl adjacent to an activating group) is 1. The van der Waals surface area contributed by atoms with Crippen LogP contribution in [0.5, 0.6) is 5.75 Å². The molecule has 0 bridgehead atoms. The van der Waals surface area contributed by atoms with Crippen LogP contribution in [0.2, 0.25) is 5.02 Å². The molecule has 2 heterocycles. The Morgan fingerprint density at radius 2 is 1.75 bits per heavy atom. The van der Waals surface area contributed by atoms with E-state index in [1.165, 1.54) is 5.56 Å². The summed E-state index contributed by atoms with van der Waals surface area (Å²) in [5.74, 6) is 0.609. The fraction of sp³-hybridized carbons (Fsp3) is 0.280. The van der Waals surface area contributed by atoms with Gasteiger partial charge in [-0.3, -0.25) is 4.72 Å². The summed E-state index contributed by atoms with van der Waals surface area (Å²) in [5.41, 5.74) is 3.70. The minimum absolute atomic E-state index is 0.208. The van der Waals surface area contributed by atoms with Crippen LogP contribution in [-0.4, -0.2) is 21.2 Å². The summed E-state index contributed by atoms with van der Waals surface area (Å²) in [4.78, 5) is 2.38. The van der Waals surface area contributed by atoms with Gasteiger partial charge in [0.15, 0.2) is 5.72 Å². The Kier molecular flexibility index (Phi) is 4.56. The van der Waals surface area contributed by atoms with Gasteiger partial charge in [-0.05, 0) is 56.7 Å². The van der Waals surface area contributed by atoms with Crippen LogP contribution in [0.3, 0.4) is 0 Å². The number of rotatable bonds is 3. The molecule has 0 unspecified atom stereocenters. The molecule has 0 saturated heterocycles. The van der Waals surface area contributed by atoms with Gasteiger partial charge < -0.3 is 9.64 Å². The van der Waals surface area contributed by atoms with Crippen LogP contribution in [0.25, 0.3) is 0 Å². The first kappa shape index (κ1) is 21.2. The predicted octanol–water partition coefficient (Wildman–Crippen LogP) is 5.51. The molecule has 0 fully saturated rings. The zero-order valence-corrected chi connectivity index (χ0v) is 20.0. The molecular formula is C25H25ClN2O3S. The van der Waals surface area contributed by atoms with Crippen molar-refractivity contribution in [2.75, 3.05) is 16.7 Å². The third kappa shape index (κ3) is 2.93. The van der Waals surface area contributed by atoms with E-state index in [4.69, 9.17) is 16.3 Å². The van der Waals surface area contributed by atoms with E-state index in [1.54, 1.807) is 30.3 Å². The van der Waals surface area contributed by atoms with Crippen molar-refractivity contribution in [3.63, 3.8) is 0 Å². The fourth-order valence-electron chi connectivity index (χ4n) is 5.00. The maximum atomic E-state index is 12.9. The average molecular weight is 469 g/mol. The van der Waals surface area contributed by atoms with Crippen LogP contribution < -0.4 is 14.4 Å². The quantitative estimate of drug-likeness (QED) is 0.550. The molecule has 5 rings (SSSR count). The molecule has 5 nitrogen and oxygen atoms in total. The maximum Gasteiger partial charge on any atom is 0.261 e. The van der Waals surface area contributed by atoms with Crippen molar-refractivity contribution in [1.82, 2.24) is 0 Å². The van der Waals surface area contributed by atoms with Crippen LogP contribution in [0, 0.1) is 6.92 Å². The number of nitrogens with one attached hydrogen (secondary N) is 1. The first-order chi connectivity index (χ1) is 15.0. The van der Waals surface area contributed by atoms with Gasteiger partial charge in [-0.25, -0.2) is 8.42 Å². The Labute approximate surface area is 194 Å². The molecule has 0 saturated carbocycles. The Bertz CT molecular complexity index is 1340. The highest BCUT2D eigenvalue weighted by molar-refractivity contribution is 7.92. The molecule has 32 heavy (non-hydrogen) atoms. The smallest absolute Gasteiger partial charge is 0.261 e. The Hall–Kier alpha value is -2.70. The fourth-order valence-corrected chi connectivity index (χ4v) is 6.32. The lowest BCUT2D eigenvalue weighted by atomic mass is 9.76.